The SMILES string of the molecule is CCN(CC)CCNCc1cc(Cl)c(OCc2ccc(Cl)c(Cl)c2)c(OC)c1. The summed E-state index contributed by atoms with van der Waals surface area (Å²) in [5, 5.41) is 4.96. The molecular formula is C21H27Cl3N2O2. The lowest BCUT2D eigenvalue weighted by Gasteiger charge is -2.18. The van der Waals surface area contributed by atoms with E-state index in [-0.39, 0.29) is 0 Å². The van der Waals surface area contributed by atoms with Gasteiger partial charge in [-0.15, -0.1) is 0 Å². The zero-order valence-corrected chi connectivity index (χ0v) is 18.8. The molecular weight excluding hydrogens is 419 g/mol. The van der Waals surface area contributed by atoms with E-state index < -0.39 is 0 Å². The number of nitrogens with zero attached hydrogens (tertiary/aromatic N) is 1. The van der Waals surface area contributed by atoms with Gasteiger partial charge in [-0.2, -0.15) is 0 Å². The van der Waals surface area contributed by atoms with Crippen LogP contribution in [0.3, 0.4) is 0 Å². The summed E-state index contributed by atoms with van der Waals surface area (Å²) < 4.78 is 11.4. The van der Waals surface area contributed by atoms with E-state index in [0.717, 1.165) is 37.3 Å². The van der Waals surface area contributed by atoms with Gasteiger partial charge < -0.3 is 19.7 Å². The van der Waals surface area contributed by atoms with Gasteiger partial charge in [0, 0.05) is 19.6 Å². The van der Waals surface area contributed by atoms with E-state index >= 15 is 0 Å². The fourth-order valence-electron chi connectivity index (χ4n) is 2.81. The Morgan fingerprint density at radius 2 is 1.64 bits per heavy atom. The average Bonchev–Trinajstić information content (AvgIpc) is 2.69. The fraction of sp³-hybridized carbons (Fsp3) is 0.429. The lowest BCUT2D eigenvalue weighted by atomic mass is 10.2. The van der Waals surface area contributed by atoms with Crippen LogP contribution in [-0.4, -0.2) is 38.2 Å². The van der Waals surface area contributed by atoms with Gasteiger partial charge in [0.2, 0.25) is 0 Å². The van der Waals surface area contributed by atoms with Crippen molar-refractivity contribution >= 4 is 34.8 Å². The second kappa shape index (κ2) is 11.7. The Hall–Kier alpha value is -1.17. The number of halogens is 3. The molecule has 0 aromatic heterocycles. The first-order chi connectivity index (χ1) is 13.5. The molecule has 0 heterocycles. The number of ether oxygens (including phenoxy) is 2. The zero-order valence-electron chi connectivity index (χ0n) is 16.5. The Balaban J connectivity index is 1.99. The van der Waals surface area contributed by atoms with Crippen molar-refractivity contribution < 1.29 is 9.47 Å². The van der Waals surface area contributed by atoms with Crippen LogP contribution in [0.15, 0.2) is 30.3 Å². The molecule has 0 atom stereocenters. The number of rotatable bonds is 11. The predicted molar refractivity (Wildman–Crippen MR) is 118 cm³/mol. The number of benzene rings is 2. The molecule has 154 valence electrons. The van der Waals surface area contributed by atoms with Crippen molar-refractivity contribution in [2.45, 2.75) is 27.0 Å². The molecule has 0 bridgehead atoms. The minimum atomic E-state index is 0.314. The number of likely N-dealkylation sites (N-methyl/N-ethyl adjacent to an activating group) is 1. The van der Waals surface area contributed by atoms with Crippen molar-refractivity contribution in [1.82, 2.24) is 10.2 Å². The molecule has 0 amide bonds. The van der Waals surface area contributed by atoms with E-state index in [1.807, 2.05) is 18.2 Å². The van der Waals surface area contributed by atoms with E-state index in [1.54, 1.807) is 19.2 Å². The van der Waals surface area contributed by atoms with Crippen molar-refractivity contribution in [2.75, 3.05) is 33.3 Å². The normalized spacial score (nSPS) is 11.1. The molecule has 0 aliphatic heterocycles. The van der Waals surface area contributed by atoms with Gasteiger partial charge in [0.1, 0.15) is 6.61 Å². The van der Waals surface area contributed by atoms with Gasteiger partial charge >= 0.3 is 0 Å². The molecule has 0 saturated heterocycles. The van der Waals surface area contributed by atoms with Crippen LogP contribution in [0.2, 0.25) is 15.1 Å². The zero-order chi connectivity index (χ0) is 20.5. The second-order valence-corrected chi connectivity index (χ2v) is 7.57. The maximum atomic E-state index is 6.46. The Labute approximate surface area is 182 Å². The molecule has 2 rings (SSSR count). The van der Waals surface area contributed by atoms with Crippen LogP contribution in [0.1, 0.15) is 25.0 Å². The highest BCUT2D eigenvalue weighted by atomic mass is 35.5. The van der Waals surface area contributed by atoms with Crippen LogP contribution in [-0.2, 0) is 13.2 Å². The molecule has 0 saturated carbocycles. The monoisotopic (exact) mass is 444 g/mol. The van der Waals surface area contributed by atoms with Crippen LogP contribution in [0.25, 0.3) is 0 Å². The van der Waals surface area contributed by atoms with Crippen molar-refractivity contribution in [1.29, 1.82) is 0 Å². The maximum absolute atomic E-state index is 6.46. The molecule has 0 spiro atoms. The van der Waals surface area contributed by atoms with E-state index in [2.05, 4.69) is 24.1 Å². The Kier molecular flexibility index (Phi) is 9.69. The van der Waals surface area contributed by atoms with Gasteiger partial charge in [-0.1, -0.05) is 54.7 Å². The minimum Gasteiger partial charge on any atom is -0.493 e. The van der Waals surface area contributed by atoms with Gasteiger partial charge in [-0.3, -0.25) is 0 Å². The van der Waals surface area contributed by atoms with Gasteiger partial charge in [0.15, 0.2) is 11.5 Å². The molecule has 28 heavy (non-hydrogen) atoms. The Morgan fingerprint density at radius 3 is 2.29 bits per heavy atom. The predicted octanol–water partition coefficient (Wildman–Crippen LogP) is 5.67. The highest BCUT2D eigenvalue weighted by Gasteiger charge is 2.13. The largest absolute Gasteiger partial charge is 0.493 e. The highest BCUT2D eigenvalue weighted by molar-refractivity contribution is 6.42. The summed E-state index contributed by atoms with van der Waals surface area (Å²) in [6.45, 7) is 9.42. The quantitative estimate of drug-likeness (QED) is 0.452. The number of hydrogen-bond acceptors (Lipinski definition) is 4. The summed E-state index contributed by atoms with van der Waals surface area (Å²) in [6.07, 6.45) is 0. The van der Waals surface area contributed by atoms with Crippen LogP contribution < -0.4 is 14.8 Å². The molecule has 2 aromatic rings. The third-order valence-electron chi connectivity index (χ3n) is 4.48. The number of nitrogens with one attached hydrogen (secondary N) is 1. The van der Waals surface area contributed by atoms with Gasteiger partial charge in [0.25, 0.3) is 0 Å². The van der Waals surface area contributed by atoms with E-state index in [1.165, 1.54) is 0 Å². The molecule has 0 aliphatic carbocycles. The molecule has 0 radical (unpaired) electrons. The third-order valence-corrected chi connectivity index (χ3v) is 5.50. The summed E-state index contributed by atoms with van der Waals surface area (Å²) in [7, 11) is 1.61. The first kappa shape index (κ1) is 23.1. The molecule has 0 aliphatic rings. The maximum Gasteiger partial charge on any atom is 0.180 e. The topological polar surface area (TPSA) is 33.7 Å². The van der Waals surface area contributed by atoms with Gasteiger partial charge in [-0.05, 0) is 48.5 Å². The second-order valence-electron chi connectivity index (χ2n) is 6.35. The molecule has 0 fully saturated rings. The highest BCUT2D eigenvalue weighted by Crippen LogP contribution is 2.37. The summed E-state index contributed by atoms with van der Waals surface area (Å²) in [6, 6.07) is 9.23. The average molecular weight is 446 g/mol. The summed E-state index contributed by atoms with van der Waals surface area (Å²) >= 11 is 18.5. The van der Waals surface area contributed by atoms with Crippen molar-refractivity contribution in [2.24, 2.45) is 0 Å². The van der Waals surface area contributed by atoms with Gasteiger partial charge in [0.05, 0.1) is 22.2 Å². The molecule has 2 aromatic carbocycles. The smallest absolute Gasteiger partial charge is 0.180 e. The molecule has 4 nitrogen and oxygen atoms in total. The standard InChI is InChI=1S/C21H27Cl3N2O2/c1-4-26(5-2)9-8-25-13-16-11-19(24)21(20(12-16)27-3)28-14-15-6-7-17(22)18(23)10-15/h6-7,10-12,25H,4-5,8-9,13-14H2,1-3H3. The van der Waals surface area contributed by atoms with E-state index in [0.29, 0.717) is 39.7 Å². The first-order valence-corrected chi connectivity index (χ1v) is 10.5. The Bertz CT molecular complexity index is 768. The third kappa shape index (κ3) is 6.71. The number of hydrogen-bond donors (Lipinski definition) is 1. The van der Waals surface area contributed by atoms with Crippen LogP contribution in [0.5, 0.6) is 11.5 Å². The van der Waals surface area contributed by atoms with Crippen molar-refractivity contribution in [3.8, 4) is 11.5 Å². The van der Waals surface area contributed by atoms with Crippen LogP contribution in [0, 0.1) is 0 Å². The number of methoxy groups -OCH3 is 1. The van der Waals surface area contributed by atoms with Crippen molar-refractivity contribution in [3.05, 3.63) is 56.5 Å². The summed E-state index contributed by atoms with van der Waals surface area (Å²) in [5.74, 6) is 1.12. The first-order valence-electron chi connectivity index (χ1n) is 9.34. The fourth-order valence-corrected chi connectivity index (χ4v) is 3.42. The summed E-state index contributed by atoms with van der Waals surface area (Å²) in [5.41, 5.74) is 1.94. The van der Waals surface area contributed by atoms with Crippen LogP contribution >= 0.6 is 34.8 Å². The Morgan fingerprint density at radius 1 is 0.929 bits per heavy atom. The lowest BCUT2D eigenvalue weighted by molar-refractivity contribution is 0.284. The van der Waals surface area contributed by atoms with Crippen molar-refractivity contribution in [3.63, 3.8) is 0 Å². The van der Waals surface area contributed by atoms with E-state index in [4.69, 9.17) is 44.3 Å². The van der Waals surface area contributed by atoms with Gasteiger partial charge in [-0.25, -0.2) is 0 Å². The summed E-state index contributed by atoms with van der Waals surface area (Å²) in [4.78, 5) is 2.38. The van der Waals surface area contributed by atoms with Crippen LogP contribution in [0.4, 0.5) is 0 Å². The molecule has 7 heteroatoms. The van der Waals surface area contributed by atoms with E-state index in [9.17, 15) is 0 Å². The molecule has 1 N–H and O–H groups in total. The minimum absolute atomic E-state index is 0.314. The molecule has 0 unspecified atom stereocenters. The lowest BCUT2D eigenvalue weighted by Crippen LogP contribution is -2.31.